The standard InChI is InChI=1S/C15H27N3S/c1-11-8-12(6-7-18(11)5)16-9-13-10-19-14(17-13)15(2,3)4/h10-12,16H,6-9H2,1-5H3. The van der Waals surface area contributed by atoms with Crippen molar-refractivity contribution < 1.29 is 0 Å². The molecule has 4 heteroatoms. The van der Waals surface area contributed by atoms with Crippen molar-refractivity contribution in [3.05, 3.63) is 16.1 Å². The fourth-order valence-corrected chi connectivity index (χ4v) is 3.36. The van der Waals surface area contributed by atoms with Gasteiger partial charge in [0.2, 0.25) is 0 Å². The zero-order chi connectivity index (χ0) is 14.0. The normalized spacial score (nSPS) is 25.7. The molecular weight excluding hydrogens is 254 g/mol. The summed E-state index contributed by atoms with van der Waals surface area (Å²) in [6.07, 6.45) is 2.49. The van der Waals surface area contributed by atoms with Gasteiger partial charge in [0.1, 0.15) is 0 Å². The van der Waals surface area contributed by atoms with Gasteiger partial charge in [-0.05, 0) is 33.4 Å². The minimum atomic E-state index is 0.172. The van der Waals surface area contributed by atoms with Crippen LogP contribution in [0.4, 0.5) is 0 Å². The molecule has 1 aromatic heterocycles. The molecule has 2 rings (SSSR count). The number of piperidine rings is 1. The van der Waals surface area contributed by atoms with Gasteiger partial charge in [-0.15, -0.1) is 11.3 Å². The maximum Gasteiger partial charge on any atom is 0.0982 e. The lowest BCUT2D eigenvalue weighted by Crippen LogP contribution is -2.45. The smallest absolute Gasteiger partial charge is 0.0982 e. The lowest BCUT2D eigenvalue weighted by atomic mass is 9.98. The fourth-order valence-electron chi connectivity index (χ4n) is 2.46. The molecule has 1 aliphatic heterocycles. The van der Waals surface area contributed by atoms with Crippen molar-refractivity contribution in [1.29, 1.82) is 0 Å². The van der Waals surface area contributed by atoms with E-state index in [1.54, 1.807) is 11.3 Å². The van der Waals surface area contributed by atoms with Crippen molar-refractivity contribution in [2.45, 2.75) is 64.6 Å². The summed E-state index contributed by atoms with van der Waals surface area (Å²) in [7, 11) is 2.22. The molecule has 0 bridgehead atoms. The molecule has 3 nitrogen and oxygen atoms in total. The van der Waals surface area contributed by atoms with Gasteiger partial charge in [0.15, 0.2) is 0 Å². The van der Waals surface area contributed by atoms with Gasteiger partial charge in [-0.3, -0.25) is 0 Å². The average Bonchev–Trinajstić information content (AvgIpc) is 2.79. The molecule has 1 aliphatic rings. The predicted molar refractivity (Wildman–Crippen MR) is 82.8 cm³/mol. The third kappa shape index (κ3) is 4.01. The number of likely N-dealkylation sites (tertiary alicyclic amines) is 1. The van der Waals surface area contributed by atoms with Gasteiger partial charge < -0.3 is 10.2 Å². The quantitative estimate of drug-likeness (QED) is 0.923. The highest BCUT2D eigenvalue weighted by molar-refractivity contribution is 7.09. The molecule has 0 aliphatic carbocycles. The Labute approximate surface area is 121 Å². The minimum absolute atomic E-state index is 0.172. The highest BCUT2D eigenvalue weighted by Gasteiger charge is 2.23. The maximum atomic E-state index is 4.75. The molecule has 1 fully saturated rings. The van der Waals surface area contributed by atoms with Gasteiger partial charge in [-0.1, -0.05) is 20.8 Å². The highest BCUT2D eigenvalue weighted by atomic mass is 32.1. The Kier molecular flexibility index (Phi) is 4.64. The first-order valence-corrected chi connectivity index (χ1v) is 8.12. The predicted octanol–water partition coefficient (Wildman–Crippen LogP) is 3.01. The summed E-state index contributed by atoms with van der Waals surface area (Å²) >= 11 is 1.78. The van der Waals surface area contributed by atoms with E-state index in [0.717, 1.165) is 6.54 Å². The van der Waals surface area contributed by atoms with E-state index in [1.165, 1.54) is 30.1 Å². The number of aromatic nitrogens is 1. The molecule has 19 heavy (non-hydrogen) atoms. The summed E-state index contributed by atoms with van der Waals surface area (Å²) in [6.45, 7) is 11.1. The first-order valence-electron chi connectivity index (χ1n) is 7.25. The Morgan fingerprint density at radius 3 is 2.79 bits per heavy atom. The van der Waals surface area contributed by atoms with Crippen LogP contribution in [0.2, 0.25) is 0 Å². The lowest BCUT2D eigenvalue weighted by Gasteiger charge is -2.35. The second-order valence-electron chi connectivity index (χ2n) is 6.83. The summed E-state index contributed by atoms with van der Waals surface area (Å²) in [6, 6.07) is 1.33. The van der Waals surface area contributed by atoms with Crippen LogP contribution < -0.4 is 5.32 Å². The van der Waals surface area contributed by atoms with Crippen LogP contribution in [0.5, 0.6) is 0 Å². The first-order chi connectivity index (χ1) is 8.86. The third-order valence-electron chi connectivity index (χ3n) is 3.97. The zero-order valence-corrected chi connectivity index (χ0v) is 13.7. The molecule has 1 saturated heterocycles. The number of thiazole rings is 1. The van der Waals surface area contributed by atoms with Gasteiger partial charge in [-0.2, -0.15) is 0 Å². The van der Waals surface area contributed by atoms with E-state index in [9.17, 15) is 0 Å². The van der Waals surface area contributed by atoms with E-state index in [1.807, 2.05) is 0 Å². The molecule has 0 amide bonds. The Hall–Kier alpha value is -0.450. The van der Waals surface area contributed by atoms with Crippen molar-refractivity contribution in [3.8, 4) is 0 Å². The zero-order valence-electron chi connectivity index (χ0n) is 12.9. The number of nitrogens with zero attached hydrogens (tertiary/aromatic N) is 2. The molecule has 108 valence electrons. The Bertz CT molecular complexity index is 408. The van der Waals surface area contributed by atoms with Crippen molar-refractivity contribution in [2.24, 2.45) is 0 Å². The summed E-state index contributed by atoms with van der Waals surface area (Å²) in [5.41, 5.74) is 1.37. The molecule has 2 atom stereocenters. The highest BCUT2D eigenvalue weighted by Crippen LogP contribution is 2.25. The largest absolute Gasteiger partial charge is 0.308 e. The lowest BCUT2D eigenvalue weighted by molar-refractivity contribution is 0.168. The van der Waals surface area contributed by atoms with E-state index >= 15 is 0 Å². The first kappa shape index (κ1) is 14.9. The van der Waals surface area contributed by atoms with Crippen LogP contribution in [0.25, 0.3) is 0 Å². The summed E-state index contributed by atoms with van der Waals surface area (Å²) < 4.78 is 0. The summed E-state index contributed by atoms with van der Waals surface area (Å²) in [5, 5.41) is 7.11. The minimum Gasteiger partial charge on any atom is -0.308 e. The molecule has 2 heterocycles. The molecule has 2 unspecified atom stereocenters. The summed E-state index contributed by atoms with van der Waals surface area (Å²) in [5.74, 6) is 0. The Balaban J connectivity index is 1.84. The van der Waals surface area contributed by atoms with Crippen LogP contribution in [0, 0.1) is 0 Å². The monoisotopic (exact) mass is 281 g/mol. The average molecular weight is 281 g/mol. The summed E-state index contributed by atoms with van der Waals surface area (Å²) in [4.78, 5) is 7.19. The second-order valence-corrected chi connectivity index (χ2v) is 7.68. The van der Waals surface area contributed by atoms with Crippen LogP contribution >= 0.6 is 11.3 Å². The van der Waals surface area contributed by atoms with E-state index in [2.05, 4.69) is 50.3 Å². The van der Waals surface area contributed by atoms with Crippen molar-refractivity contribution in [3.63, 3.8) is 0 Å². The van der Waals surface area contributed by atoms with E-state index in [4.69, 9.17) is 4.98 Å². The van der Waals surface area contributed by atoms with Crippen LogP contribution in [0.3, 0.4) is 0 Å². The van der Waals surface area contributed by atoms with E-state index in [0.29, 0.717) is 12.1 Å². The van der Waals surface area contributed by atoms with Gasteiger partial charge >= 0.3 is 0 Å². The number of hydrogen-bond donors (Lipinski definition) is 1. The Morgan fingerprint density at radius 1 is 1.47 bits per heavy atom. The van der Waals surface area contributed by atoms with E-state index < -0.39 is 0 Å². The van der Waals surface area contributed by atoms with Crippen LogP contribution in [0.15, 0.2) is 5.38 Å². The number of rotatable bonds is 3. The fraction of sp³-hybridized carbons (Fsp3) is 0.800. The topological polar surface area (TPSA) is 28.2 Å². The molecule has 1 aromatic rings. The molecule has 0 saturated carbocycles. The van der Waals surface area contributed by atoms with Crippen molar-refractivity contribution >= 4 is 11.3 Å². The van der Waals surface area contributed by atoms with Crippen molar-refractivity contribution in [1.82, 2.24) is 15.2 Å². The molecule has 0 radical (unpaired) electrons. The molecule has 0 spiro atoms. The van der Waals surface area contributed by atoms with Gasteiger partial charge in [0.05, 0.1) is 10.7 Å². The van der Waals surface area contributed by atoms with Crippen LogP contribution in [-0.2, 0) is 12.0 Å². The third-order valence-corrected chi connectivity index (χ3v) is 5.29. The van der Waals surface area contributed by atoms with Crippen LogP contribution in [0.1, 0.15) is 51.2 Å². The van der Waals surface area contributed by atoms with Crippen molar-refractivity contribution in [2.75, 3.05) is 13.6 Å². The molecular formula is C15H27N3S. The Morgan fingerprint density at radius 2 is 2.21 bits per heavy atom. The molecule has 1 N–H and O–H groups in total. The van der Waals surface area contributed by atoms with Gasteiger partial charge in [-0.25, -0.2) is 4.98 Å². The maximum absolute atomic E-state index is 4.75. The molecule has 0 aromatic carbocycles. The van der Waals surface area contributed by atoms with Crippen LogP contribution in [-0.4, -0.2) is 35.6 Å². The van der Waals surface area contributed by atoms with Gasteiger partial charge in [0.25, 0.3) is 0 Å². The van der Waals surface area contributed by atoms with E-state index in [-0.39, 0.29) is 5.41 Å². The number of nitrogens with one attached hydrogen (secondary N) is 1. The second kappa shape index (κ2) is 5.90. The number of hydrogen-bond acceptors (Lipinski definition) is 4. The van der Waals surface area contributed by atoms with Gasteiger partial charge in [0, 0.05) is 29.4 Å². The SMILES string of the molecule is CC1CC(NCc2csc(C(C)(C)C)n2)CCN1C.